The maximum absolute atomic E-state index is 12.1. The summed E-state index contributed by atoms with van der Waals surface area (Å²) in [5, 5.41) is 9.91. The molecule has 0 saturated carbocycles. The number of hydrogen-bond donors (Lipinski definition) is 1. The third kappa shape index (κ3) is 4.15. The molecule has 5 heteroatoms. The third-order valence-electron chi connectivity index (χ3n) is 6.60. The molecule has 1 N–H and O–H groups in total. The normalized spacial score (nSPS) is 12.5. The lowest BCUT2D eigenvalue weighted by Gasteiger charge is -2.32. The van der Waals surface area contributed by atoms with E-state index in [1.54, 1.807) is 12.1 Å². The summed E-state index contributed by atoms with van der Waals surface area (Å²) in [6.45, 7) is 12.2. The Bertz CT molecular complexity index is 1090. The molecule has 0 radical (unpaired) electrons. The van der Waals surface area contributed by atoms with Crippen LogP contribution in [0.15, 0.2) is 60.7 Å². The van der Waals surface area contributed by atoms with E-state index < -0.39 is 5.97 Å². The van der Waals surface area contributed by atoms with E-state index in [1.165, 1.54) is 0 Å². The molecule has 0 aliphatic carbocycles. The highest BCUT2D eigenvalue weighted by atomic mass is 16.5. The molecule has 0 fully saturated rings. The van der Waals surface area contributed by atoms with E-state index in [2.05, 4.69) is 73.9 Å². The fraction of sp³-hybridized carbons (Fsp3) is 0.321. The van der Waals surface area contributed by atoms with Gasteiger partial charge in [-0.3, -0.25) is 0 Å². The third-order valence-corrected chi connectivity index (χ3v) is 6.60. The highest BCUT2D eigenvalue weighted by molar-refractivity contribution is 5.90. The minimum atomic E-state index is -0.917. The van der Waals surface area contributed by atoms with Gasteiger partial charge in [0.25, 0.3) is 0 Å². The molecule has 4 rings (SSSR count). The van der Waals surface area contributed by atoms with E-state index in [9.17, 15) is 9.90 Å². The molecule has 33 heavy (non-hydrogen) atoms. The van der Waals surface area contributed by atoms with Crippen molar-refractivity contribution in [2.45, 2.75) is 33.6 Å². The molecule has 1 heterocycles. The number of anilines is 2. The fourth-order valence-electron chi connectivity index (χ4n) is 4.84. The Morgan fingerprint density at radius 2 is 1.24 bits per heavy atom. The van der Waals surface area contributed by atoms with Crippen LogP contribution >= 0.6 is 0 Å². The molecule has 172 valence electrons. The Morgan fingerprint density at radius 1 is 0.758 bits per heavy atom. The summed E-state index contributed by atoms with van der Waals surface area (Å²) < 4.78 is 6.49. The van der Waals surface area contributed by atoms with Gasteiger partial charge in [0.1, 0.15) is 11.5 Å². The van der Waals surface area contributed by atoms with Gasteiger partial charge in [-0.2, -0.15) is 0 Å². The van der Waals surface area contributed by atoms with Crippen LogP contribution < -0.4 is 14.5 Å². The fourth-order valence-corrected chi connectivity index (χ4v) is 4.84. The second-order valence-electron chi connectivity index (χ2n) is 8.22. The molecule has 0 saturated heterocycles. The van der Waals surface area contributed by atoms with E-state index in [4.69, 9.17) is 4.74 Å². The monoisotopic (exact) mass is 444 g/mol. The Labute approximate surface area is 196 Å². The van der Waals surface area contributed by atoms with E-state index in [-0.39, 0.29) is 5.92 Å². The van der Waals surface area contributed by atoms with Crippen LogP contribution in [-0.4, -0.2) is 37.3 Å². The van der Waals surface area contributed by atoms with Gasteiger partial charge in [-0.25, -0.2) is 4.79 Å². The second kappa shape index (κ2) is 9.57. The van der Waals surface area contributed by atoms with Crippen LogP contribution in [0.25, 0.3) is 0 Å². The van der Waals surface area contributed by atoms with Gasteiger partial charge >= 0.3 is 5.97 Å². The zero-order valence-electron chi connectivity index (χ0n) is 19.8. The summed E-state index contributed by atoms with van der Waals surface area (Å²) in [7, 11) is 0. The number of fused-ring (bicyclic) bond motifs is 2. The van der Waals surface area contributed by atoms with Crippen molar-refractivity contribution in [1.82, 2.24) is 0 Å². The van der Waals surface area contributed by atoms with Crippen LogP contribution in [0, 0.1) is 0 Å². The van der Waals surface area contributed by atoms with Gasteiger partial charge in [-0.15, -0.1) is 0 Å². The van der Waals surface area contributed by atoms with Crippen molar-refractivity contribution in [3.63, 3.8) is 0 Å². The quantitative estimate of drug-likeness (QED) is 0.343. The standard InChI is InChI=1S/C28H32N2O3/c1-5-29(6-2)19-13-15-23-25(17-19)33-26-18-20(30(7-3)8-4)14-16-24(26)27(23)21-11-9-10-12-22(21)28(31)32/h9-18,27H,5-8H2,1-4H3,(H,31,32). The SMILES string of the molecule is CCN(CC)c1ccc2c(c1)Oc1cc(N(CC)CC)ccc1C2c1ccccc1C(=O)O. The highest BCUT2D eigenvalue weighted by Gasteiger charge is 2.32. The van der Waals surface area contributed by atoms with E-state index in [1.807, 2.05) is 12.1 Å². The van der Waals surface area contributed by atoms with Crippen molar-refractivity contribution in [2.75, 3.05) is 36.0 Å². The number of aromatic carboxylic acids is 1. The van der Waals surface area contributed by atoms with Crippen LogP contribution in [0.2, 0.25) is 0 Å². The van der Waals surface area contributed by atoms with Crippen LogP contribution in [0.5, 0.6) is 11.5 Å². The smallest absolute Gasteiger partial charge is 0.335 e. The van der Waals surface area contributed by atoms with Gasteiger partial charge in [0.2, 0.25) is 0 Å². The van der Waals surface area contributed by atoms with Crippen molar-refractivity contribution in [3.8, 4) is 11.5 Å². The van der Waals surface area contributed by atoms with Crippen molar-refractivity contribution in [2.24, 2.45) is 0 Å². The molecule has 5 nitrogen and oxygen atoms in total. The van der Waals surface area contributed by atoms with Crippen molar-refractivity contribution < 1.29 is 14.6 Å². The van der Waals surface area contributed by atoms with Gasteiger partial charge in [-0.05, 0) is 51.5 Å². The minimum absolute atomic E-state index is 0.215. The van der Waals surface area contributed by atoms with Gasteiger partial charge in [-0.1, -0.05) is 30.3 Å². The summed E-state index contributed by atoms with van der Waals surface area (Å²) in [6.07, 6.45) is 0. The Kier molecular flexibility index (Phi) is 6.59. The summed E-state index contributed by atoms with van der Waals surface area (Å²) in [4.78, 5) is 16.7. The molecule has 3 aromatic carbocycles. The Hall–Kier alpha value is -3.47. The average molecular weight is 445 g/mol. The van der Waals surface area contributed by atoms with Gasteiger partial charge in [0.15, 0.2) is 0 Å². The maximum Gasteiger partial charge on any atom is 0.335 e. The lowest BCUT2D eigenvalue weighted by molar-refractivity contribution is 0.0695. The zero-order chi connectivity index (χ0) is 23.5. The van der Waals surface area contributed by atoms with Crippen LogP contribution in [0.1, 0.15) is 60.7 Å². The summed E-state index contributed by atoms with van der Waals surface area (Å²) in [6, 6.07) is 19.9. The van der Waals surface area contributed by atoms with Gasteiger partial charge in [0, 0.05) is 66.7 Å². The number of nitrogens with zero attached hydrogens (tertiary/aromatic N) is 2. The van der Waals surface area contributed by atoms with E-state index in [0.29, 0.717) is 5.56 Å². The molecule has 1 aliphatic rings. The molecule has 0 amide bonds. The first-order valence-corrected chi connectivity index (χ1v) is 11.8. The summed E-state index contributed by atoms with van der Waals surface area (Å²) >= 11 is 0. The molecule has 1 aliphatic heterocycles. The maximum atomic E-state index is 12.1. The molecule has 0 atom stereocenters. The Balaban J connectivity index is 1.92. The van der Waals surface area contributed by atoms with Crippen molar-refractivity contribution in [1.29, 1.82) is 0 Å². The minimum Gasteiger partial charge on any atom is -0.478 e. The predicted molar refractivity (Wildman–Crippen MR) is 134 cm³/mol. The van der Waals surface area contributed by atoms with Gasteiger partial charge < -0.3 is 19.6 Å². The number of carboxylic acid groups (broad SMARTS) is 1. The lowest BCUT2D eigenvalue weighted by atomic mass is 9.80. The number of rotatable bonds is 8. The number of carboxylic acids is 1. The zero-order valence-corrected chi connectivity index (χ0v) is 19.8. The topological polar surface area (TPSA) is 53.0 Å². The molecule has 0 unspecified atom stereocenters. The van der Waals surface area contributed by atoms with Crippen LogP contribution in [-0.2, 0) is 0 Å². The first-order chi connectivity index (χ1) is 16.0. The van der Waals surface area contributed by atoms with E-state index in [0.717, 1.165) is 65.7 Å². The Morgan fingerprint density at radius 3 is 1.70 bits per heavy atom. The number of carbonyl (C=O) groups is 1. The van der Waals surface area contributed by atoms with Gasteiger partial charge in [0.05, 0.1) is 5.56 Å². The first-order valence-electron chi connectivity index (χ1n) is 11.8. The molecular weight excluding hydrogens is 412 g/mol. The number of ether oxygens (including phenoxy) is 1. The second-order valence-corrected chi connectivity index (χ2v) is 8.22. The molecule has 3 aromatic rings. The lowest BCUT2D eigenvalue weighted by Crippen LogP contribution is -2.23. The summed E-state index contributed by atoms with van der Waals surface area (Å²) in [5.74, 6) is 0.440. The molecule has 0 spiro atoms. The molecule has 0 bridgehead atoms. The first kappa shape index (κ1) is 22.7. The highest BCUT2D eigenvalue weighted by Crippen LogP contribution is 2.50. The molecule has 0 aromatic heterocycles. The van der Waals surface area contributed by atoms with Crippen molar-refractivity contribution >= 4 is 17.3 Å². The predicted octanol–water partition coefficient (Wildman–Crippen LogP) is 6.36. The number of hydrogen-bond acceptors (Lipinski definition) is 4. The summed E-state index contributed by atoms with van der Waals surface area (Å²) in [5.41, 5.74) is 5.29. The average Bonchev–Trinajstić information content (AvgIpc) is 2.84. The number of benzene rings is 3. The molecular formula is C28H32N2O3. The van der Waals surface area contributed by atoms with Crippen molar-refractivity contribution in [3.05, 3.63) is 82.9 Å². The van der Waals surface area contributed by atoms with Crippen LogP contribution in [0.3, 0.4) is 0 Å². The van der Waals surface area contributed by atoms with E-state index >= 15 is 0 Å². The van der Waals surface area contributed by atoms with Crippen LogP contribution in [0.4, 0.5) is 11.4 Å². The largest absolute Gasteiger partial charge is 0.478 e.